The zero-order valence-corrected chi connectivity index (χ0v) is 11.6. The summed E-state index contributed by atoms with van der Waals surface area (Å²) in [6.45, 7) is 6.19. The van der Waals surface area contributed by atoms with E-state index < -0.39 is 0 Å². The van der Waals surface area contributed by atoms with Crippen LogP contribution in [0, 0.1) is 13.8 Å². The van der Waals surface area contributed by atoms with Gasteiger partial charge in [0.05, 0.1) is 0 Å². The summed E-state index contributed by atoms with van der Waals surface area (Å²) in [6, 6.07) is 6.22. The van der Waals surface area contributed by atoms with Gasteiger partial charge in [0.15, 0.2) is 0 Å². The molecule has 3 rings (SSSR count). The quantitative estimate of drug-likeness (QED) is 0.898. The molecule has 0 aromatic carbocycles. The van der Waals surface area contributed by atoms with Crippen LogP contribution in [0.1, 0.15) is 36.0 Å². The number of hydrogen-bond donors (Lipinski definition) is 1. The first kappa shape index (κ1) is 12.2. The maximum absolute atomic E-state index is 4.63. The zero-order chi connectivity index (χ0) is 13.2. The van der Waals surface area contributed by atoms with Crippen molar-refractivity contribution in [1.82, 2.24) is 15.0 Å². The Morgan fingerprint density at radius 2 is 2.21 bits per heavy atom. The summed E-state index contributed by atoms with van der Waals surface area (Å²) in [6.07, 6.45) is 4.31. The Labute approximate surface area is 113 Å². The monoisotopic (exact) mass is 256 g/mol. The highest BCUT2D eigenvalue weighted by atomic mass is 15.2. The van der Waals surface area contributed by atoms with E-state index in [0.717, 1.165) is 36.1 Å². The van der Waals surface area contributed by atoms with Crippen molar-refractivity contribution in [3.05, 3.63) is 41.6 Å². The fourth-order valence-corrected chi connectivity index (χ4v) is 2.75. The highest BCUT2D eigenvalue weighted by Crippen LogP contribution is 2.27. The van der Waals surface area contributed by atoms with Crippen LogP contribution >= 0.6 is 0 Å². The number of anilines is 1. The van der Waals surface area contributed by atoms with E-state index in [0.29, 0.717) is 5.92 Å². The summed E-state index contributed by atoms with van der Waals surface area (Å²) in [4.78, 5) is 14.9. The second kappa shape index (κ2) is 5.03. The first-order valence-electron chi connectivity index (χ1n) is 6.92. The molecule has 1 N–H and O–H groups in total. The first-order chi connectivity index (χ1) is 9.22. The minimum absolute atomic E-state index is 0.491. The predicted molar refractivity (Wildman–Crippen MR) is 76.5 cm³/mol. The van der Waals surface area contributed by atoms with Crippen molar-refractivity contribution in [3.8, 4) is 0 Å². The molecule has 0 radical (unpaired) electrons. The molecule has 1 aliphatic rings. The van der Waals surface area contributed by atoms with Gasteiger partial charge in [0.1, 0.15) is 11.6 Å². The Balaban J connectivity index is 1.78. The molecule has 0 bridgehead atoms. The molecule has 2 aromatic rings. The van der Waals surface area contributed by atoms with Crippen LogP contribution in [0.3, 0.4) is 0 Å². The van der Waals surface area contributed by atoms with Crippen LogP contribution in [-0.4, -0.2) is 28.0 Å². The molecule has 0 aliphatic carbocycles. The number of H-pyrrole nitrogens is 1. The van der Waals surface area contributed by atoms with Gasteiger partial charge in [-0.1, -0.05) is 6.07 Å². The molecule has 100 valence electrons. The summed E-state index contributed by atoms with van der Waals surface area (Å²) < 4.78 is 0. The van der Waals surface area contributed by atoms with Gasteiger partial charge < -0.3 is 9.88 Å². The van der Waals surface area contributed by atoms with Crippen LogP contribution in [0.15, 0.2) is 24.4 Å². The molecule has 3 heterocycles. The number of aromatic amines is 1. The normalized spacial score (nSPS) is 19.7. The number of nitrogens with zero attached hydrogens (tertiary/aromatic N) is 3. The van der Waals surface area contributed by atoms with Crippen LogP contribution < -0.4 is 4.90 Å². The lowest BCUT2D eigenvalue weighted by atomic mass is 9.97. The van der Waals surface area contributed by atoms with Crippen LogP contribution in [-0.2, 0) is 0 Å². The third kappa shape index (κ3) is 2.62. The van der Waals surface area contributed by atoms with E-state index >= 15 is 0 Å². The number of piperidine rings is 1. The molecule has 4 nitrogen and oxygen atoms in total. The Kier molecular flexibility index (Phi) is 3.23. The maximum atomic E-state index is 4.63. The minimum atomic E-state index is 0.491. The van der Waals surface area contributed by atoms with Gasteiger partial charge in [0.25, 0.3) is 0 Å². The number of imidazole rings is 1. The summed E-state index contributed by atoms with van der Waals surface area (Å²) in [5, 5.41) is 0. The Bertz CT molecular complexity index is 561. The van der Waals surface area contributed by atoms with Crippen LogP contribution in [0.25, 0.3) is 0 Å². The van der Waals surface area contributed by atoms with E-state index in [1.54, 1.807) is 0 Å². The number of hydrogen-bond acceptors (Lipinski definition) is 3. The topological polar surface area (TPSA) is 44.8 Å². The number of nitrogens with one attached hydrogen (secondary N) is 1. The number of pyridine rings is 1. The van der Waals surface area contributed by atoms with Gasteiger partial charge in [0.2, 0.25) is 0 Å². The first-order valence-corrected chi connectivity index (χ1v) is 6.92. The van der Waals surface area contributed by atoms with Crippen LogP contribution in [0.5, 0.6) is 0 Å². The lowest BCUT2D eigenvalue weighted by molar-refractivity contribution is 0.491. The van der Waals surface area contributed by atoms with Gasteiger partial charge in [0, 0.05) is 36.6 Å². The fraction of sp³-hybridized carbons (Fsp3) is 0.467. The molecule has 4 heteroatoms. The Morgan fingerprint density at radius 1 is 1.32 bits per heavy atom. The Morgan fingerprint density at radius 3 is 2.95 bits per heavy atom. The number of rotatable bonds is 2. The molecule has 0 unspecified atom stereocenters. The summed E-state index contributed by atoms with van der Waals surface area (Å²) >= 11 is 0. The van der Waals surface area contributed by atoms with Gasteiger partial charge in [-0.2, -0.15) is 0 Å². The summed E-state index contributed by atoms with van der Waals surface area (Å²) in [5.74, 6) is 2.70. The van der Waals surface area contributed by atoms with E-state index in [2.05, 4.69) is 38.9 Å². The lowest BCUT2D eigenvalue weighted by Gasteiger charge is -2.32. The van der Waals surface area contributed by atoms with Gasteiger partial charge >= 0.3 is 0 Å². The maximum Gasteiger partial charge on any atom is 0.128 e. The molecular weight excluding hydrogens is 236 g/mol. The fourth-order valence-electron chi connectivity index (χ4n) is 2.75. The molecule has 2 aromatic heterocycles. The molecule has 19 heavy (non-hydrogen) atoms. The molecule has 1 fully saturated rings. The summed E-state index contributed by atoms with van der Waals surface area (Å²) in [7, 11) is 0. The highest BCUT2D eigenvalue weighted by Gasteiger charge is 2.24. The third-order valence-electron chi connectivity index (χ3n) is 3.73. The zero-order valence-electron chi connectivity index (χ0n) is 11.6. The van der Waals surface area contributed by atoms with Crippen molar-refractivity contribution in [3.63, 3.8) is 0 Å². The van der Waals surface area contributed by atoms with Crippen molar-refractivity contribution in [2.45, 2.75) is 32.6 Å². The number of aromatic nitrogens is 3. The average Bonchev–Trinajstić information content (AvgIpc) is 2.86. The molecule has 1 atom stereocenters. The molecular formula is C15H20N4. The van der Waals surface area contributed by atoms with E-state index in [-0.39, 0.29) is 0 Å². The second-order valence-corrected chi connectivity index (χ2v) is 5.37. The standard InChI is InChI=1S/C15H20N4/c1-11-5-3-7-14(17-11)19-8-4-6-13(10-19)15-16-9-12(2)18-15/h3,5,7,9,13H,4,6,8,10H2,1-2H3,(H,16,18)/t13-/m1/s1. The lowest BCUT2D eigenvalue weighted by Crippen LogP contribution is -2.35. The summed E-state index contributed by atoms with van der Waals surface area (Å²) in [5.41, 5.74) is 2.22. The van der Waals surface area contributed by atoms with E-state index in [1.165, 1.54) is 12.8 Å². The van der Waals surface area contributed by atoms with Crippen molar-refractivity contribution in [2.24, 2.45) is 0 Å². The molecule has 1 saturated heterocycles. The van der Waals surface area contributed by atoms with Gasteiger partial charge in [-0.15, -0.1) is 0 Å². The van der Waals surface area contributed by atoms with E-state index in [4.69, 9.17) is 0 Å². The SMILES string of the molecule is Cc1cccc(N2CCC[C@@H](c3ncc(C)[nH]3)C2)n1. The highest BCUT2D eigenvalue weighted by molar-refractivity contribution is 5.40. The van der Waals surface area contributed by atoms with Crippen LogP contribution in [0.4, 0.5) is 5.82 Å². The smallest absolute Gasteiger partial charge is 0.128 e. The van der Waals surface area contributed by atoms with Crippen LogP contribution in [0.2, 0.25) is 0 Å². The largest absolute Gasteiger partial charge is 0.356 e. The molecule has 1 aliphatic heterocycles. The molecule has 0 amide bonds. The molecule has 0 spiro atoms. The van der Waals surface area contributed by atoms with E-state index in [9.17, 15) is 0 Å². The average molecular weight is 256 g/mol. The van der Waals surface area contributed by atoms with Gasteiger partial charge in [-0.05, 0) is 38.8 Å². The predicted octanol–water partition coefficient (Wildman–Crippen LogP) is 2.81. The molecule has 0 saturated carbocycles. The van der Waals surface area contributed by atoms with Crippen molar-refractivity contribution in [1.29, 1.82) is 0 Å². The minimum Gasteiger partial charge on any atom is -0.356 e. The van der Waals surface area contributed by atoms with Gasteiger partial charge in [-0.3, -0.25) is 0 Å². The van der Waals surface area contributed by atoms with Crippen molar-refractivity contribution < 1.29 is 0 Å². The van der Waals surface area contributed by atoms with Gasteiger partial charge in [-0.25, -0.2) is 9.97 Å². The van der Waals surface area contributed by atoms with E-state index in [1.807, 2.05) is 19.2 Å². The Hall–Kier alpha value is -1.84. The van der Waals surface area contributed by atoms with Crippen molar-refractivity contribution >= 4 is 5.82 Å². The van der Waals surface area contributed by atoms with Crippen molar-refractivity contribution in [2.75, 3.05) is 18.0 Å². The number of aryl methyl sites for hydroxylation is 2. The third-order valence-corrected chi connectivity index (χ3v) is 3.73. The second-order valence-electron chi connectivity index (χ2n) is 5.37.